The molecule has 0 unspecified atom stereocenters. The summed E-state index contributed by atoms with van der Waals surface area (Å²) in [5.41, 5.74) is 0.908. The molecule has 1 aromatic heterocycles. The molecular weight excluding hydrogens is 436 g/mol. The van der Waals surface area contributed by atoms with Crippen molar-refractivity contribution in [1.29, 1.82) is 5.26 Å². The van der Waals surface area contributed by atoms with E-state index in [9.17, 15) is 22.4 Å². The number of nitriles is 1. The number of nitrogens with one attached hydrogen (secondary N) is 1. The number of benzene rings is 2. The minimum atomic E-state index is -2.94. The molecule has 0 atom stereocenters. The number of anilines is 2. The van der Waals surface area contributed by atoms with Gasteiger partial charge in [0.05, 0.1) is 23.9 Å². The maximum Gasteiger partial charge on any atom is 0.266 e. The third-order valence-electron chi connectivity index (χ3n) is 5.33. The van der Waals surface area contributed by atoms with Crippen LogP contribution < -0.4 is 10.2 Å². The summed E-state index contributed by atoms with van der Waals surface area (Å²) in [4.78, 5) is 18.6. The first-order valence-electron chi connectivity index (χ1n) is 10.1. The van der Waals surface area contributed by atoms with E-state index in [0.29, 0.717) is 11.3 Å². The minimum absolute atomic E-state index is 0.00263. The molecule has 2 aromatic carbocycles. The smallest absolute Gasteiger partial charge is 0.266 e. The third-order valence-corrected chi connectivity index (χ3v) is 5.33. The summed E-state index contributed by atoms with van der Waals surface area (Å²) in [6, 6.07) is 12.1. The van der Waals surface area contributed by atoms with Crippen LogP contribution in [0.4, 0.5) is 29.1 Å². The lowest BCUT2D eigenvalue weighted by Crippen LogP contribution is -2.27. The summed E-state index contributed by atoms with van der Waals surface area (Å²) in [6.07, 6.45) is -0.394. The number of nitrogens with zero attached hydrogens (tertiary/aromatic N) is 3. The van der Waals surface area contributed by atoms with E-state index in [1.165, 1.54) is 35.2 Å². The summed E-state index contributed by atoms with van der Waals surface area (Å²) >= 11 is 0. The second kappa shape index (κ2) is 8.54. The van der Waals surface area contributed by atoms with Gasteiger partial charge in [0.1, 0.15) is 11.6 Å². The molecule has 2 heterocycles. The molecule has 1 fully saturated rings. The van der Waals surface area contributed by atoms with Gasteiger partial charge in [-0.15, -0.1) is 0 Å². The first-order chi connectivity index (χ1) is 15.7. The molecule has 0 spiro atoms. The van der Waals surface area contributed by atoms with Gasteiger partial charge in [-0.25, -0.2) is 22.5 Å². The van der Waals surface area contributed by atoms with Gasteiger partial charge >= 0.3 is 0 Å². The Balaban J connectivity index is 1.85. The largest absolute Gasteiger partial charge is 0.349 e. The van der Waals surface area contributed by atoms with Crippen molar-refractivity contribution >= 4 is 17.4 Å². The maximum atomic E-state index is 14.7. The second-order valence-electron chi connectivity index (χ2n) is 7.80. The van der Waals surface area contributed by atoms with Gasteiger partial charge in [0, 0.05) is 35.3 Å². The van der Waals surface area contributed by atoms with Crippen molar-refractivity contribution in [2.45, 2.75) is 19.3 Å². The average Bonchev–Trinajstić information content (AvgIpc) is 3.15. The van der Waals surface area contributed by atoms with Crippen molar-refractivity contribution in [3.63, 3.8) is 0 Å². The molecule has 0 bridgehead atoms. The molecule has 0 saturated carbocycles. The molecule has 1 aliphatic heterocycles. The van der Waals surface area contributed by atoms with Crippen LogP contribution in [0.1, 0.15) is 28.0 Å². The molecular formula is C24H18F4N4O. The monoisotopic (exact) mass is 454 g/mol. The summed E-state index contributed by atoms with van der Waals surface area (Å²) in [5.74, 6) is -4.94. The summed E-state index contributed by atoms with van der Waals surface area (Å²) in [7, 11) is 0. The number of aromatic nitrogens is 1. The number of amides is 1. The lowest BCUT2D eigenvalue weighted by molar-refractivity contribution is 0.0257. The minimum Gasteiger partial charge on any atom is -0.349 e. The molecule has 1 saturated heterocycles. The van der Waals surface area contributed by atoms with Crippen molar-refractivity contribution < 1.29 is 22.4 Å². The fourth-order valence-corrected chi connectivity index (χ4v) is 3.72. The highest BCUT2D eigenvalue weighted by Crippen LogP contribution is 2.40. The summed E-state index contributed by atoms with van der Waals surface area (Å²) < 4.78 is 56.6. The summed E-state index contributed by atoms with van der Waals surface area (Å²) in [6.45, 7) is 0.965. The van der Waals surface area contributed by atoms with E-state index in [1.54, 1.807) is 6.92 Å². The fraction of sp³-hybridized carbons (Fsp3) is 0.208. The molecule has 0 radical (unpaired) electrons. The van der Waals surface area contributed by atoms with Crippen LogP contribution >= 0.6 is 0 Å². The number of pyridine rings is 1. The molecule has 3 aromatic rings. The highest BCUT2D eigenvalue weighted by molar-refractivity contribution is 6.08. The highest BCUT2D eigenvalue weighted by atomic mass is 19.3. The lowest BCUT2D eigenvalue weighted by Gasteiger charge is -2.24. The number of alkyl halides is 2. The van der Waals surface area contributed by atoms with Gasteiger partial charge in [0.2, 0.25) is 0 Å². The first kappa shape index (κ1) is 22.3. The number of aryl methyl sites for hydroxylation is 1. The number of hydrogen-bond donors (Lipinski definition) is 1. The Morgan fingerprint density at radius 2 is 1.85 bits per heavy atom. The Labute approximate surface area is 187 Å². The van der Waals surface area contributed by atoms with Crippen LogP contribution in [-0.2, 0) is 0 Å². The number of carbonyl (C=O) groups excluding carboxylic acids is 1. The predicted octanol–water partition coefficient (Wildman–Crippen LogP) is 5.30. The van der Waals surface area contributed by atoms with Crippen LogP contribution in [0.15, 0.2) is 48.5 Å². The molecule has 0 aliphatic carbocycles. The summed E-state index contributed by atoms with van der Waals surface area (Å²) in [5, 5.41) is 11.6. The Kier molecular flexibility index (Phi) is 5.77. The third kappa shape index (κ3) is 4.65. The first-order valence-corrected chi connectivity index (χ1v) is 10.1. The number of carbonyl (C=O) groups is 1. The molecule has 168 valence electrons. The number of halogens is 4. The van der Waals surface area contributed by atoms with Crippen LogP contribution in [0.2, 0.25) is 0 Å². The Morgan fingerprint density at radius 1 is 1.12 bits per heavy atom. The van der Waals surface area contributed by atoms with Gasteiger partial charge in [-0.1, -0.05) is 0 Å². The fourth-order valence-electron chi connectivity index (χ4n) is 3.72. The number of rotatable bonds is 4. The van der Waals surface area contributed by atoms with E-state index in [4.69, 9.17) is 5.26 Å². The maximum absolute atomic E-state index is 14.7. The van der Waals surface area contributed by atoms with Crippen molar-refractivity contribution in [2.24, 2.45) is 0 Å². The SMILES string of the molecule is Cc1cc(-c2cc(F)ccc2F)c(NC(=O)c2ccc(C#N)cc2)c(N2CCC(F)(F)C2)n1. The van der Waals surface area contributed by atoms with Crippen molar-refractivity contribution in [2.75, 3.05) is 23.3 Å². The van der Waals surface area contributed by atoms with Gasteiger partial charge in [0.25, 0.3) is 11.8 Å². The van der Waals surface area contributed by atoms with Gasteiger partial charge in [-0.05, 0) is 55.5 Å². The van der Waals surface area contributed by atoms with Crippen LogP contribution in [0, 0.1) is 29.9 Å². The van der Waals surface area contributed by atoms with Gasteiger partial charge in [0.15, 0.2) is 5.82 Å². The van der Waals surface area contributed by atoms with Crippen molar-refractivity contribution in [3.8, 4) is 17.2 Å². The van der Waals surface area contributed by atoms with E-state index < -0.39 is 36.4 Å². The molecule has 33 heavy (non-hydrogen) atoms. The van der Waals surface area contributed by atoms with Gasteiger partial charge < -0.3 is 10.2 Å². The Hall–Kier alpha value is -3.93. The Bertz CT molecular complexity index is 1270. The van der Waals surface area contributed by atoms with E-state index in [0.717, 1.165) is 18.2 Å². The van der Waals surface area contributed by atoms with Crippen LogP contribution in [0.25, 0.3) is 11.1 Å². The standard InChI is InChI=1S/C24H18F4N4O/c1-14-10-19(18-11-17(25)6-7-20(18)26)21(22(30-14)32-9-8-24(27,28)13-32)31-23(33)16-4-2-15(12-29)3-5-16/h2-7,10-11H,8-9,13H2,1H3,(H,31,33). The Morgan fingerprint density at radius 3 is 2.48 bits per heavy atom. The van der Waals surface area contributed by atoms with E-state index in [2.05, 4.69) is 10.3 Å². The molecule has 9 heteroatoms. The normalized spacial score (nSPS) is 14.7. The van der Waals surface area contributed by atoms with Crippen LogP contribution in [-0.4, -0.2) is 29.9 Å². The topological polar surface area (TPSA) is 69.0 Å². The van der Waals surface area contributed by atoms with Gasteiger partial charge in [-0.3, -0.25) is 4.79 Å². The number of hydrogen-bond acceptors (Lipinski definition) is 4. The molecule has 5 nitrogen and oxygen atoms in total. The van der Waals surface area contributed by atoms with Crippen LogP contribution in [0.3, 0.4) is 0 Å². The zero-order valence-electron chi connectivity index (χ0n) is 17.5. The van der Waals surface area contributed by atoms with Crippen molar-refractivity contribution in [1.82, 2.24) is 4.98 Å². The van der Waals surface area contributed by atoms with E-state index >= 15 is 0 Å². The van der Waals surface area contributed by atoms with Crippen molar-refractivity contribution in [3.05, 3.63) is 77.0 Å². The predicted molar refractivity (Wildman–Crippen MR) is 115 cm³/mol. The molecule has 1 aliphatic rings. The molecule has 4 rings (SSSR count). The zero-order valence-corrected chi connectivity index (χ0v) is 17.5. The second-order valence-corrected chi connectivity index (χ2v) is 7.80. The zero-order chi connectivity index (χ0) is 23.8. The molecule has 1 N–H and O–H groups in total. The van der Waals surface area contributed by atoms with E-state index in [1.807, 2.05) is 6.07 Å². The van der Waals surface area contributed by atoms with E-state index in [-0.39, 0.29) is 34.7 Å². The average molecular weight is 454 g/mol. The lowest BCUT2D eigenvalue weighted by atomic mass is 10.0. The van der Waals surface area contributed by atoms with Crippen LogP contribution in [0.5, 0.6) is 0 Å². The molecule has 1 amide bonds. The van der Waals surface area contributed by atoms with Gasteiger partial charge in [-0.2, -0.15) is 5.26 Å². The highest BCUT2D eigenvalue weighted by Gasteiger charge is 2.40. The quantitative estimate of drug-likeness (QED) is 0.543.